The van der Waals surface area contributed by atoms with Gasteiger partial charge >= 0.3 is 0 Å². The number of amides is 1. The van der Waals surface area contributed by atoms with E-state index in [-0.39, 0.29) is 5.91 Å². The quantitative estimate of drug-likeness (QED) is 0.878. The largest absolute Gasteiger partial charge is 0.493 e. The molecule has 2 aromatic rings. The van der Waals surface area contributed by atoms with Crippen molar-refractivity contribution in [1.82, 2.24) is 4.98 Å². The number of benzene rings is 1. The van der Waals surface area contributed by atoms with E-state index in [9.17, 15) is 4.79 Å². The molecule has 7 nitrogen and oxygen atoms in total. The molecule has 3 N–H and O–H groups in total. The number of hydrogen-bond acceptors (Lipinski definition) is 6. The molecular weight excluding hydrogens is 298 g/mol. The Kier molecular flexibility index (Phi) is 4.90. The van der Waals surface area contributed by atoms with Crippen molar-refractivity contribution in [2.45, 2.75) is 6.92 Å². The van der Waals surface area contributed by atoms with Crippen LogP contribution >= 0.6 is 0 Å². The van der Waals surface area contributed by atoms with Crippen LogP contribution in [0.1, 0.15) is 16.1 Å². The fraction of sp³-hybridized carbons (Fsp3) is 0.250. The van der Waals surface area contributed by atoms with Crippen molar-refractivity contribution in [1.29, 1.82) is 0 Å². The summed E-state index contributed by atoms with van der Waals surface area (Å²) in [7, 11) is 4.48. The minimum Gasteiger partial charge on any atom is -0.493 e. The van der Waals surface area contributed by atoms with E-state index in [1.54, 1.807) is 31.2 Å². The molecule has 0 radical (unpaired) electrons. The zero-order valence-corrected chi connectivity index (χ0v) is 13.5. The summed E-state index contributed by atoms with van der Waals surface area (Å²) >= 11 is 0. The average molecular weight is 317 g/mol. The fourth-order valence-corrected chi connectivity index (χ4v) is 2.04. The van der Waals surface area contributed by atoms with E-state index in [1.807, 2.05) is 0 Å². The smallest absolute Gasteiger partial charge is 0.257 e. The molecule has 0 spiro atoms. The Labute approximate surface area is 134 Å². The van der Waals surface area contributed by atoms with Crippen LogP contribution in [0.25, 0.3) is 0 Å². The molecule has 0 saturated heterocycles. The summed E-state index contributed by atoms with van der Waals surface area (Å²) < 4.78 is 15.7. The van der Waals surface area contributed by atoms with E-state index in [1.165, 1.54) is 21.3 Å². The SMILES string of the molecule is COc1cc(C(=O)Nc2ccc(N)c(C)n2)cc(OC)c1OC. The number of nitrogens with zero attached hydrogens (tertiary/aromatic N) is 1. The number of nitrogens with two attached hydrogens (primary N) is 1. The van der Waals surface area contributed by atoms with Gasteiger partial charge in [-0.05, 0) is 31.2 Å². The van der Waals surface area contributed by atoms with Crippen LogP contribution in [0.5, 0.6) is 17.2 Å². The second-order valence-electron chi connectivity index (χ2n) is 4.74. The Morgan fingerprint density at radius 3 is 2.17 bits per heavy atom. The summed E-state index contributed by atoms with van der Waals surface area (Å²) in [5, 5.41) is 2.71. The lowest BCUT2D eigenvalue weighted by atomic mass is 10.1. The fourth-order valence-electron chi connectivity index (χ4n) is 2.04. The van der Waals surface area contributed by atoms with Crippen LogP contribution in [0.3, 0.4) is 0 Å². The molecule has 1 heterocycles. The van der Waals surface area contributed by atoms with Gasteiger partial charge in [-0.1, -0.05) is 0 Å². The summed E-state index contributed by atoms with van der Waals surface area (Å²) in [6, 6.07) is 6.47. The number of rotatable bonds is 5. The minimum absolute atomic E-state index is 0.346. The number of ether oxygens (including phenoxy) is 3. The second kappa shape index (κ2) is 6.87. The molecule has 7 heteroatoms. The lowest BCUT2D eigenvalue weighted by Gasteiger charge is -2.14. The van der Waals surface area contributed by atoms with Gasteiger partial charge in [-0.15, -0.1) is 0 Å². The third-order valence-corrected chi connectivity index (χ3v) is 3.30. The van der Waals surface area contributed by atoms with Crippen molar-refractivity contribution >= 4 is 17.4 Å². The first-order chi connectivity index (χ1) is 11.0. The molecule has 122 valence electrons. The van der Waals surface area contributed by atoms with E-state index < -0.39 is 0 Å². The van der Waals surface area contributed by atoms with Crippen molar-refractivity contribution in [3.63, 3.8) is 0 Å². The van der Waals surface area contributed by atoms with E-state index in [0.29, 0.717) is 40.0 Å². The second-order valence-corrected chi connectivity index (χ2v) is 4.74. The van der Waals surface area contributed by atoms with Crippen LogP contribution in [0.15, 0.2) is 24.3 Å². The molecule has 1 aromatic heterocycles. The summed E-state index contributed by atoms with van der Waals surface area (Å²) in [6.07, 6.45) is 0. The van der Waals surface area contributed by atoms with Crippen molar-refractivity contribution in [3.8, 4) is 17.2 Å². The number of carbonyl (C=O) groups excluding carboxylic acids is 1. The predicted molar refractivity (Wildman–Crippen MR) is 87.4 cm³/mol. The highest BCUT2D eigenvalue weighted by Crippen LogP contribution is 2.38. The molecule has 0 fully saturated rings. The van der Waals surface area contributed by atoms with Crippen LogP contribution in [0.2, 0.25) is 0 Å². The maximum atomic E-state index is 12.4. The van der Waals surface area contributed by atoms with Crippen molar-refractivity contribution < 1.29 is 19.0 Å². The summed E-state index contributed by atoms with van der Waals surface area (Å²) in [5.41, 5.74) is 7.28. The first-order valence-electron chi connectivity index (χ1n) is 6.84. The van der Waals surface area contributed by atoms with Gasteiger partial charge in [0.25, 0.3) is 5.91 Å². The lowest BCUT2D eigenvalue weighted by Crippen LogP contribution is -2.14. The van der Waals surface area contributed by atoms with Gasteiger partial charge in [-0.2, -0.15) is 0 Å². The van der Waals surface area contributed by atoms with E-state index in [0.717, 1.165) is 0 Å². The van der Waals surface area contributed by atoms with E-state index in [2.05, 4.69) is 10.3 Å². The highest BCUT2D eigenvalue weighted by atomic mass is 16.5. The Hall–Kier alpha value is -2.96. The highest BCUT2D eigenvalue weighted by molar-refractivity contribution is 6.04. The van der Waals surface area contributed by atoms with Crippen molar-refractivity contribution in [2.75, 3.05) is 32.4 Å². The Bertz CT molecular complexity index is 706. The van der Waals surface area contributed by atoms with Crippen LogP contribution < -0.4 is 25.3 Å². The van der Waals surface area contributed by atoms with Gasteiger partial charge in [-0.25, -0.2) is 4.98 Å². The third-order valence-electron chi connectivity index (χ3n) is 3.30. The maximum Gasteiger partial charge on any atom is 0.257 e. The molecule has 0 atom stereocenters. The van der Waals surface area contributed by atoms with Crippen LogP contribution in [-0.2, 0) is 0 Å². The molecule has 0 aliphatic carbocycles. The molecule has 0 unspecified atom stereocenters. The van der Waals surface area contributed by atoms with Gasteiger partial charge < -0.3 is 25.3 Å². The van der Waals surface area contributed by atoms with Crippen LogP contribution in [0.4, 0.5) is 11.5 Å². The number of hydrogen-bond donors (Lipinski definition) is 2. The zero-order chi connectivity index (χ0) is 17.0. The molecule has 0 aliphatic heterocycles. The molecular formula is C16H19N3O4. The predicted octanol–water partition coefficient (Wildman–Crippen LogP) is 2.25. The normalized spacial score (nSPS) is 10.1. The molecule has 1 amide bonds. The van der Waals surface area contributed by atoms with E-state index >= 15 is 0 Å². The molecule has 0 bridgehead atoms. The summed E-state index contributed by atoms with van der Waals surface area (Å²) in [4.78, 5) is 16.6. The van der Waals surface area contributed by atoms with E-state index in [4.69, 9.17) is 19.9 Å². The molecule has 1 aromatic carbocycles. The monoisotopic (exact) mass is 317 g/mol. The number of aryl methyl sites for hydroxylation is 1. The van der Waals surface area contributed by atoms with Gasteiger partial charge in [0.15, 0.2) is 11.5 Å². The minimum atomic E-state index is -0.346. The number of carbonyl (C=O) groups is 1. The summed E-state index contributed by atoms with van der Waals surface area (Å²) in [5.74, 6) is 1.29. The maximum absolute atomic E-state index is 12.4. The lowest BCUT2D eigenvalue weighted by molar-refractivity contribution is 0.102. The summed E-state index contributed by atoms with van der Waals surface area (Å²) in [6.45, 7) is 1.77. The van der Waals surface area contributed by atoms with Crippen LogP contribution in [0, 0.1) is 6.92 Å². The van der Waals surface area contributed by atoms with Gasteiger partial charge in [0, 0.05) is 5.56 Å². The van der Waals surface area contributed by atoms with Gasteiger partial charge in [0.1, 0.15) is 5.82 Å². The Balaban J connectivity index is 2.33. The molecule has 2 rings (SSSR count). The van der Waals surface area contributed by atoms with Crippen molar-refractivity contribution in [2.24, 2.45) is 0 Å². The van der Waals surface area contributed by atoms with Crippen molar-refractivity contribution in [3.05, 3.63) is 35.5 Å². The van der Waals surface area contributed by atoms with Crippen LogP contribution in [-0.4, -0.2) is 32.2 Å². The van der Waals surface area contributed by atoms with Gasteiger partial charge in [0.2, 0.25) is 5.75 Å². The average Bonchev–Trinajstić information content (AvgIpc) is 2.56. The Morgan fingerprint density at radius 1 is 1.09 bits per heavy atom. The number of anilines is 2. The number of methoxy groups -OCH3 is 3. The Morgan fingerprint density at radius 2 is 1.70 bits per heavy atom. The van der Waals surface area contributed by atoms with Gasteiger partial charge in [0.05, 0.1) is 32.7 Å². The molecule has 23 heavy (non-hydrogen) atoms. The number of aromatic nitrogens is 1. The number of nitrogen functional groups attached to an aromatic ring is 1. The topological polar surface area (TPSA) is 95.7 Å². The zero-order valence-electron chi connectivity index (χ0n) is 13.5. The first kappa shape index (κ1) is 16.4. The molecule has 0 saturated carbocycles. The third kappa shape index (κ3) is 3.45. The standard InChI is InChI=1S/C16H19N3O4/c1-9-11(17)5-6-14(18-9)19-16(20)10-7-12(21-2)15(23-4)13(8-10)22-3/h5-8H,17H2,1-4H3,(H,18,19,20). The van der Waals surface area contributed by atoms with Gasteiger partial charge in [-0.3, -0.25) is 4.79 Å². The number of nitrogens with one attached hydrogen (secondary N) is 1. The molecule has 0 aliphatic rings. The number of pyridine rings is 1. The highest BCUT2D eigenvalue weighted by Gasteiger charge is 2.17. The first-order valence-corrected chi connectivity index (χ1v) is 6.84.